The van der Waals surface area contributed by atoms with Crippen LogP contribution < -0.4 is 0 Å². The number of carbonyl (C=O) groups is 1. The normalized spacial score (nSPS) is 15.7. The highest BCUT2D eigenvalue weighted by molar-refractivity contribution is 6.44. The maximum atomic E-state index is 10.2. The van der Waals surface area contributed by atoms with Crippen LogP contribution in [0.4, 0.5) is 0 Å². The third-order valence-electron chi connectivity index (χ3n) is 1.24. The van der Waals surface area contributed by atoms with E-state index in [4.69, 9.17) is 5.11 Å². The molecule has 0 unspecified atom stereocenters. The molecule has 48 valence electrons. The monoisotopic (exact) mass is 125 g/mol. The molecule has 0 fully saturated rings. The molecular weight excluding hydrogens is 118 g/mol. The average molecular weight is 125 g/mol. The summed E-state index contributed by atoms with van der Waals surface area (Å²) in [6, 6.07) is 0. The molecule has 0 aromatic heterocycles. The molecule has 0 radical (unpaired) electrons. The Morgan fingerprint density at radius 1 is 1.89 bits per heavy atom. The summed E-state index contributed by atoms with van der Waals surface area (Å²) in [6.07, 6.45) is 2.34. The number of carboxylic acid groups (broad SMARTS) is 1. The summed E-state index contributed by atoms with van der Waals surface area (Å²) in [7, 11) is 0. The summed E-state index contributed by atoms with van der Waals surface area (Å²) in [5.41, 5.74) is 1.06. The molecule has 0 saturated heterocycles. The lowest BCUT2D eigenvalue weighted by atomic mass is 10.1. The van der Waals surface area contributed by atoms with Gasteiger partial charge >= 0.3 is 5.97 Å². The van der Waals surface area contributed by atoms with E-state index in [0.29, 0.717) is 0 Å². The summed E-state index contributed by atoms with van der Waals surface area (Å²) >= 11 is 0. The van der Waals surface area contributed by atoms with Gasteiger partial charge in [-0.3, -0.25) is 0 Å². The Balaban J connectivity index is 2.59. The lowest BCUT2D eigenvalue weighted by Gasteiger charge is -2.08. The predicted octanol–water partition coefficient (Wildman–Crippen LogP) is 0.820. The molecule has 1 aliphatic rings. The Morgan fingerprint density at radius 3 is 2.67 bits per heavy atom. The van der Waals surface area contributed by atoms with Gasteiger partial charge in [-0.1, -0.05) is 6.92 Å². The first kappa shape index (κ1) is 6.01. The van der Waals surface area contributed by atoms with Crippen molar-refractivity contribution in [3.8, 4) is 0 Å². The van der Waals surface area contributed by atoms with Gasteiger partial charge in [0.1, 0.15) is 0 Å². The standard InChI is InChI=1S/C6H7NO2/c1-2-4-3-7-5(4)6(8)9/h3H,2H2,1H3,(H,8,9). The first-order valence-corrected chi connectivity index (χ1v) is 2.76. The highest BCUT2D eigenvalue weighted by atomic mass is 16.4. The first-order valence-electron chi connectivity index (χ1n) is 2.76. The van der Waals surface area contributed by atoms with Crippen molar-refractivity contribution in [2.45, 2.75) is 13.3 Å². The Bertz CT molecular complexity index is 203. The van der Waals surface area contributed by atoms with Crippen LogP contribution >= 0.6 is 0 Å². The zero-order valence-electron chi connectivity index (χ0n) is 5.09. The van der Waals surface area contributed by atoms with Crippen LogP contribution in [0.2, 0.25) is 0 Å². The Labute approximate surface area is 52.7 Å². The second-order valence-corrected chi connectivity index (χ2v) is 1.79. The lowest BCUT2D eigenvalue weighted by molar-refractivity contribution is -0.129. The molecular formula is C6H7NO2. The van der Waals surface area contributed by atoms with E-state index in [2.05, 4.69) is 4.99 Å². The summed E-state index contributed by atoms with van der Waals surface area (Å²) in [6.45, 7) is 1.91. The Hall–Kier alpha value is -1.12. The number of carboxylic acids is 1. The van der Waals surface area contributed by atoms with Crippen LogP contribution in [-0.4, -0.2) is 16.8 Å². The molecule has 1 N–H and O–H groups in total. The van der Waals surface area contributed by atoms with Gasteiger partial charge in [0.15, 0.2) is 5.71 Å². The Morgan fingerprint density at radius 2 is 2.56 bits per heavy atom. The van der Waals surface area contributed by atoms with Crippen LogP contribution in [-0.2, 0) is 4.79 Å². The largest absolute Gasteiger partial charge is 0.477 e. The van der Waals surface area contributed by atoms with Crippen molar-refractivity contribution >= 4 is 11.7 Å². The van der Waals surface area contributed by atoms with Crippen molar-refractivity contribution in [1.29, 1.82) is 0 Å². The van der Waals surface area contributed by atoms with Crippen molar-refractivity contribution in [3.05, 3.63) is 11.8 Å². The fraction of sp³-hybridized carbons (Fsp3) is 0.333. The van der Waals surface area contributed by atoms with E-state index < -0.39 is 5.97 Å². The molecule has 0 saturated carbocycles. The SMILES string of the molecule is CCC1=CN=C1C(=O)O. The number of nitrogens with zero attached hydrogens (tertiary/aromatic N) is 1. The molecule has 0 bridgehead atoms. The smallest absolute Gasteiger partial charge is 0.354 e. The van der Waals surface area contributed by atoms with Crippen LogP contribution in [0.5, 0.6) is 0 Å². The van der Waals surface area contributed by atoms with Gasteiger partial charge in [-0.05, 0) is 6.42 Å². The molecule has 3 nitrogen and oxygen atoms in total. The number of hydrogen-bond acceptors (Lipinski definition) is 2. The highest BCUT2D eigenvalue weighted by Crippen LogP contribution is 2.12. The van der Waals surface area contributed by atoms with Gasteiger partial charge in [0.25, 0.3) is 0 Å². The summed E-state index contributed by atoms with van der Waals surface area (Å²) in [4.78, 5) is 13.8. The van der Waals surface area contributed by atoms with E-state index in [1.54, 1.807) is 6.20 Å². The van der Waals surface area contributed by atoms with E-state index in [0.717, 1.165) is 12.0 Å². The first-order chi connectivity index (χ1) is 4.25. The summed E-state index contributed by atoms with van der Waals surface area (Å²) in [5.74, 6) is -0.922. The van der Waals surface area contributed by atoms with Crippen molar-refractivity contribution in [2.75, 3.05) is 0 Å². The van der Waals surface area contributed by atoms with Crippen LogP contribution in [0.25, 0.3) is 0 Å². The molecule has 1 aliphatic heterocycles. The molecule has 0 aromatic carbocycles. The van der Waals surface area contributed by atoms with E-state index in [1.165, 1.54) is 0 Å². The predicted molar refractivity (Wildman–Crippen MR) is 33.4 cm³/mol. The minimum atomic E-state index is -0.922. The number of aliphatic carboxylic acids is 1. The van der Waals surface area contributed by atoms with Crippen LogP contribution in [0.1, 0.15) is 13.3 Å². The zero-order valence-corrected chi connectivity index (χ0v) is 5.09. The van der Waals surface area contributed by atoms with E-state index in [1.807, 2.05) is 6.92 Å². The van der Waals surface area contributed by atoms with Crippen molar-refractivity contribution in [1.82, 2.24) is 0 Å². The van der Waals surface area contributed by atoms with Gasteiger partial charge in [0, 0.05) is 11.8 Å². The van der Waals surface area contributed by atoms with Crippen LogP contribution in [0.3, 0.4) is 0 Å². The minimum absolute atomic E-state index is 0.220. The zero-order chi connectivity index (χ0) is 6.85. The van der Waals surface area contributed by atoms with E-state index in [-0.39, 0.29) is 5.71 Å². The maximum absolute atomic E-state index is 10.2. The molecule has 0 aromatic rings. The summed E-state index contributed by atoms with van der Waals surface area (Å²) < 4.78 is 0. The average Bonchev–Trinajstić information content (AvgIpc) is 1.61. The van der Waals surface area contributed by atoms with Crippen molar-refractivity contribution in [2.24, 2.45) is 4.99 Å². The number of rotatable bonds is 2. The topological polar surface area (TPSA) is 49.7 Å². The van der Waals surface area contributed by atoms with Gasteiger partial charge in [-0.15, -0.1) is 0 Å². The molecule has 0 amide bonds. The molecule has 9 heavy (non-hydrogen) atoms. The van der Waals surface area contributed by atoms with Crippen LogP contribution in [0, 0.1) is 0 Å². The molecule has 1 heterocycles. The highest BCUT2D eigenvalue weighted by Gasteiger charge is 2.18. The molecule has 0 spiro atoms. The minimum Gasteiger partial charge on any atom is -0.477 e. The van der Waals surface area contributed by atoms with Crippen LogP contribution in [0.15, 0.2) is 16.8 Å². The summed E-state index contributed by atoms with van der Waals surface area (Å²) in [5, 5.41) is 8.36. The second kappa shape index (κ2) is 2.01. The fourth-order valence-electron chi connectivity index (χ4n) is 0.672. The number of aliphatic imine (C=N–C) groups is 1. The van der Waals surface area contributed by atoms with Gasteiger partial charge in [0.2, 0.25) is 0 Å². The fourth-order valence-corrected chi connectivity index (χ4v) is 0.672. The van der Waals surface area contributed by atoms with E-state index in [9.17, 15) is 4.79 Å². The third-order valence-corrected chi connectivity index (χ3v) is 1.24. The quantitative estimate of drug-likeness (QED) is 0.594. The van der Waals surface area contributed by atoms with Gasteiger partial charge in [0.05, 0.1) is 0 Å². The molecule has 0 atom stereocenters. The lowest BCUT2D eigenvalue weighted by Crippen LogP contribution is -2.19. The third kappa shape index (κ3) is 0.850. The maximum Gasteiger partial charge on any atom is 0.354 e. The number of hydrogen-bond donors (Lipinski definition) is 1. The second-order valence-electron chi connectivity index (χ2n) is 1.79. The van der Waals surface area contributed by atoms with Crippen molar-refractivity contribution < 1.29 is 9.90 Å². The molecule has 3 heteroatoms. The van der Waals surface area contributed by atoms with Gasteiger partial charge in [-0.2, -0.15) is 0 Å². The van der Waals surface area contributed by atoms with E-state index >= 15 is 0 Å². The molecule has 0 aliphatic carbocycles. The molecule has 1 rings (SSSR count). The Kier molecular flexibility index (Phi) is 1.34. The van der Waals surface area contributed by atoms with Crippen molar-refractivity contribution in [3.63, 3.8) is 0 Å². The van der Waals surface area contributed by atoms with Gasteiger partial charge in [-0.25, -0.2) is 9.79 Å². The van der Waals surface area contributed by atoms with Gasteiger partial charge < -0.3 is 5.11 Å².